The van der Waals surface area contributed by atoms with Crippen molar-refractivity contribution in [2.45, 2.75) is 20.2 Å². The highest BCUT2D eigenvalue weighted by Gasteiger charge is 2.11. The van der Waals surface area contributed by atoms with Gasteiger partial charge in [0.25, 0.3) is 0 Å². The molecule has 0 fully saturated rings. The van der Waals surface area contributed by atoms with Crippen LogP contribution in [0.1, 0.15) is 12.6 Å². The Labute approximate surface area is 136 Å². The van der Waals surface area contributed by atoms with Gasteiger partial charge in [-0.05, 0) is 0 Å². The minimum atomic E-state index is -0.340. The van der Waals surface area contributed by atoms with Gasteiger partial charge in [0, 0.05) is 6.92 Å². The van der Waals surface area contributed by atoms with Gasteiger partial charge in [-0.3, -0.25) is 4.79 Å². The van der Waals surface area contributed by atoms with Crippen molar-refractivity contribution in [1.29, 1.82) is 0 Å². The number of ether oxygens (including phenoxy) is 2. The van der Waals surface area contributed by atoms with Gasteiger partial charge in [-0.15, -0.1) is 5.10 Å². The largest absolute Gasteiger partial charge is 0.463 e. The molecule has 0 aliphatic rings. The zero-order chi connectivity index (χ0) is 16.9. The van der Waals surface area contributed by atoms with Crippen molar-refractivity contribution in [2.75, 3.05) is 18.9 Å². The van der Waals surface area contributed by atoms with Crippen LogP contribution in [0.3, 0.4) is 0 Å². The van der Waals surface area contributed by atoms with Crippen molar-refractivity contribution < 1.29 is 14.3 Å². The van der Waals surface area contributed by atoms with Crippen LogP contribution >= 0.6 is 0 Å². The number of hydrogen-bond acceptors (Lipinski definition) is 9. The van der Waals surface area contributed by atoms with E-state index in [9.17, 15) is 4.79 Å². The number of aromatic nitrogens is 7. The molecule has 0 saturated carbocycles. The first-order chi connectivity index (χ1) is 11.6. The summed E-state index contributed by atoms with van der Waals surface area (Å²) >= 11 is 0. The molecule has 0 radical (unpaired) electrons. The minimum absolute atomic E-state index is 0.195. The summed E-state index contributed by atoms with van der Waals surface area (Å²) in [6.45, 7) is 2.47. The summed E-state index contributed by atoms with van der Waals surface area (Å²) < 4.78 is 13.6. The van der Waals surface area contributed by atoms with Gasteiger partial charge in [0.05, 0.1) is 31.4 Å². The standard InChI is InChI=1S/C13H16N8O3/c1-9(22)24-3-2-23-8-21-10(4-18-19-21)5-20-7-17-11-12(14)15-6-16-13(11)20/h4,6-7H,2-3,5,8H2,1H3,(H2,14,15,16). The summed E-state index contributed by atoms with van der Waals surface area (Å²) in [5, 5.41) is 7.85. The quantitative estimate of drug-likeness (QED) is 0.452. The molecule has 0 amide bonds. The number of hydrogen-bond donors (Lipinski definition) is 1. The van der Waals surface area contributed by atoms with Crippen LogP contribution in [0.15, 0.2) is 18.9 Å². The number of rotatable bonds is 7. The molecule has 0 aromatic carbocycles. The summed E-state index contributed by atoms with van der Waals surface area (Å²) in [6, 6.07) is 0. The fourth-order valence-electron chi connectivity index (χ4n) is 2.09. The second-order valence-corrected chi connectivity index (χ2v) is 4.91. The van der Waals surface area contributed by atoms with Gasteiger partial charge in [-0.1, -0.05) is 5.21 Å². The Morgan fingerprint density at radius 3 is 3.00 bits per heavy atom. The van der Waals surface area contributed by atoms with Crippen LogP contribution in [-0.2, 0) is 27.5 Å². The fraction of sp³-hybridized carbons (Fsp3) is 0.385. The highest BCUT2D eigenvalue weighted by molar-refractivity contribution is 5.81. The normalized spacial score (nSPS) is 11.0. The number of imidazole rings is 1. The molecule has 11 heteroatoms. The van der Waals surface area contributed by atoms with Crippen LogP contribution in [0.25, 0.3) is 11.2 Å². The number of anilines is 1. The SMILES string of the molecule is CC(=O)OCCOCn1nncc1Cn1cnc2c(N)ncnc21. The molecule has 2 N–H and O–H groups in total. The zero-order valence-corrected chi connectivity index (χ0v) is 13.0. The number of esters is 1. The van der Waals surface area contributed by atoms with E-state index in [2.05, 4.69) is 25.3 Å². The molecule has 0 aliphatic carbocycles. The summed E-state index contributed by atoms with van der Waals surface area (Å²) in [4.78, 5) is 23.0. The maximum atomic E-state index is 10.7. The second kappa shape index (κ2) is 7.00. The molecule has 0 atom stereocenters. The number of nitrogen functional groups attached to an aromatic ring is 1. The molecule has 0 unspecified atom stereocenters. The van der Waals surface area contributed by atoms with Crippen LogP contribution in [0.5, 0.6) is 0 Å². The molecule has 3 heterocycles. The van der Waals surface area contributed by atoms with E-state index in [1.165, 1.54) is 13.3 Å². The number of nitrogens with zero attached hydrogens (tertiary/aromatic N) is 7. The number of carbonyl (C=O) groups excluding carboxylic acids is 1. The molecular weight excluding hydrogens is 316 g/mol. The lowest BCUT2D eigenvalue weighted by Gasteiger charge is -2.08. The summed E-state index contributed by atoms with van der Waals surface area (Å²) in [5.41, 5.74) is 7.76. The van der Waals surface area contributed by atoms with Crippen LogP contribution in [0, 0.1) is 0 Å². The first kappa shape index (κ1) is 15.8. The maximum absolute atomic E-state index is 10.7. The first-order valence-corrected chi connectivity index (χ1v) is 7.15. The molecule has 0 aliphatic heterocycles. The molecular formula is C13H16N8O3. The van der Waals surface area contributed by atoms with E-state index < -0.39 is 0 Å². The van der Waals surface area contributed by atoms with Crippen LogP contribution < -0.4 is 5.73 Å². The Morgan fingerprint density at radius 2 is 2.17 bits per heavy atom. The van der Waals surface area contributed by atoms with Gasteiger partial charge in [-0.2, -0.15) is 0 Å². The Kier molecular flexibility index (Phi) is 4.61. The smallest absolute Gasteiger partial charge is 0.302 e. The van der Waals surface area contributed by atoms with E-state index >= 15 is 0 Å². The van der Waals surface area contributed by atoms with Crippen LogP contribution in [0.4, 0.5) is 5.82 Å². The van der Waals surface area contributed by atoms with Crippen LogP contribution in [0.2, 0.25) is 0 Å². The lowest BCUT2D eigenvalue weighted by atomic mass is 10.4. The Hall–Kier alpha value is -3.08. The molecule has 126 valence electrons. The third-order valence-corrected chi connectivity index (χ3v) is 3.21. The predicted molar refractivity (Wildman–Crippen MR) is 81.4 cm³/mol. The predicted octanol–water partition coefficient (Wildman–Crippen LogP) is -0.414. The van der Waals surface area contributed by atoms with Gasteiger partial charge in [0.1, 0.15) is 25.2 Å². The molecule has 3 aromatic rings. The molecule has 3 aromatic heterocycles. The molecule has 3 rings (SSSR count). The molecule has 24 heavy (non-hydrogen) atoms. The highest BCUT2D eigenvalue weighted by Crippen LogP contribution is 2.15. The second-order valence-electron chi connectivity index (χ2n) is 4.91. The van der Waals surface area contributed by atoms with Gasteiger partial charge in [-0.25, -0.2) is 19.6 Å². The van der Waals surface area contributed by atoms with Crippen molar-refractivity contribution in [1.82, 2.24) is 34.5 Å². The summed E-state index contributed by atoms with van der Waals surface area (Å²) in [6.07, 6.45) is 4.66. The van der Waals surface area contributed by atoms with Gasteiger partial charge in [0.2, 0.25) is 0 Å². The van der Waals surface area contributed by atoms with E-state index in [1.807, 2.05) is 4.57 Å². The lowest BCUT2D eigenvalue weighted by Crippen LogP contribution is -2.14. The highest BCUT2D eigenvalue weighted by atomic mass is 16.6. The minimum Gasteiger partial charge on any atom is -0.463 e. The third-order valence-electron chi connectivity index (χ3n) is 3.21. The van der Waals surface area contributed by atoms with Gasteiger partial charge >= 0.3 is 5.97 Å². The molecule has 0 saturated heterocycles. The van der Waals surface area contributed by atoms with E-state index in [1.54, 1.807) is 17.2 Å². The van der Waals surface area contributed by atoms with E-state index in [0.717, 1.165) is 5.69 Å². The first-order valence-electron chi connectivity index (χ1n) is 7.15. The third kappa shape index (κ3) is 3.46. The fourth-order valence-corrected chi connectivity index (χ4v) is 2.09. The summed E-state index contributed by atoms with van der Waals surface area (Å²) in [5.74, 6) is -0.00696. The van der Waals surface area contributed by atoms with Gasteiger partial charge < -0.3 is 19.8 Å². The van der Waals surface area contributed by atoms with Crippen molar-refractivity contribution in [3.8, 4) is 0 Å². The summed E-state index contributed by atoms with van der Waals surface area (Å²) in [7, 11) is 0. The van der Waals surface area contributed by atoms with E-state index in [0.29, 0.717) is 23.5 Å². The maximum Gasteiger partial charge on any atom is 0.302 e. The number of carbonyl (C=O) groups is 1. The van der Waals surface area contributed by atoms with Crippen molar-refractivity contribution in [3.05, 3.63) is 24.5 Å². The monoisotopic (exact) mass is 332 g/mol. The van der Waals surface area contributed by atoms with Crippen LogP contribution in [-0.4, -0.2) is 53.7 Å². The lowest BCUT2D eigenvalue weighted by molar-refractivity contribution is -0.143. The van der Waals surface area contributed by atoms with Gasteiger partial charge in [0.15, 0.2) is 11.5 Å². The van der Waals surface area contributed by atoms with E-state index in [4.69, 9.17) is 15.2 Å². The number of fused-ring (bicyclic) bond motifs is 1. The zero-order valence-electron chi connectivity index (χ0n) is 13.0. The Morgan fingerprint density at radius 1 is 1.29 bits per heavy atom. The number of nitrogens with two attached hydrogens (primary N) is 1. The van der Waals surface area contributed by atoms with Crippen molar-refractivity contribution in [3.63, 3.8) is 0 Å². The van der Waals surface area contributed by atoms with Crippen molar-refractivity contribution >= 4 is 23.0 Å². The molecule has 11 nitrogen and oxygen atoms in total. The van der Waals surface area contributed by atoms with E-state index in [-0.39, 0.29) is 25.9 Å². The molecule has 0 spiro atoms. The average Bonchev–Trinajstić information content (AvgIpc) is 3.16. The molecule has 0 bridgehead atoms. The Bertz CT molecular complexity index is 843. The van der Waals surface area contributed by atoms with Crippen molar-refractivity contribution in [2.24, 2.45) is 0 Å². The topological polar surface area (TPSA) is 136 Å². The average molecular weight is 332 g/mol. The Balaban J connectivity index is 1.64.